The molecule has 2 aromatic rings. The van der Waals surface area contributed by atoms with Gasteiger partial charge in [-0.05, 0) is 55.2 Å². The van der Waals surface area contributed by atoms with Crippen LogP contribution in [0.25, 0.3) is 0 Å². The number of nitrogens with zero attached hydrogens (tertiary/aromatic N) is 5. The van der Waals surface area contributed by atoms with E-state index in [0.717, 1.165) is 50.0 Å². The van der Waals surface area contributed by atoms with Crippen LogP contribution in [0.5, 0.6) is 0 Å². The Labute approximate surface area is 184 Å². The first-order chi connectivity index (χ1) is 14.9. The summed E-state index contributed by atoms with van der Waals surface area (Å²) in [6.07, 6.45) is 7.82. The largest absolute Gasteiger partial charge is 0.398 e. The molecule has 2 saturated carbocycles. The molecule has 31 heavy (non-hydrogen) atoms. The summed E-state index contributed by atoms with van der Waals surface area (Å²) in [4.78, 5) is 11.2. The van der Waals surface area contributed by atoms with Crippen LogP contribution >= 0.6 is 0 Å². The van der Waals surface area contributed by atoms with Crippen molar-refractivity contribution in [1.82, 2.24) is 20.0 Å². The van der Waals surface area contributed by atoms with Crippen molar-refractivity contribution in [2.45, 2.75) is 45.1 Å². The van der Waals surface area contributed by atoms with Gasteiger partial charge in [-0.3, -0.25) is 5.41 Å². The number of nitrogens with one attached hydrogen (secondary N) is 1. The summed E-state index contributed by atoms with van der Waals surface area (Å²) in [5, 5.41) is 13.7. The van der Waals surface area contributed by atoms with Crippen LogP contribution in [-0.2, 0) is 6.42 Å². The van der Waals surface area contributed by atoms with Gasteiger partial charge in [0.25, 0.3) is 0 Å². The first-order valence-electron chi connectivity index (χ1n) is 11.4. The standard InChI is InChI=1S/C24H33N7/c1-24(7-8-24)15-17-3-6-20(25)19(13-17)23(26)21-14-22(28-16-27-21)30-9-11-31(12-10-30)29(2)18-4-5-18/h3,6,13-14,16,18,26H,4-5,7-12,15,25H2,1-2H3. The fourth-order valence-corrected chi connectivity index (χ4v) is 4.53. The summed E-state index contributed by atoms with van der Waals surface area (Å²) >= 11 is 0. The van der Waals surface area contributed by atoms with Crippen LogP contribution < -0.4 is 10.6 Å². The van der Waals surface area contributed by atoms with E-state index in [2.05, 4.69) is 51.0 Å². The molecule has 0 atom stereocenters. The molecular formula is C24H33N7. The Balaban J connectivity index is 1.30. The second kappa shape index (κ2) is 7.88. The topological polar surface area (TPSA) is 85.4 Å². The Morgan fingerprint density at radius 1 is 1.16 bits per heavy atom. The van der Waals surface area contributed by atoms with Crippen molar-refractivity contribution in [3.05, 3.63) is 47.4 Å². The second-order valence-corrected chi connectivity index (χ2v) is 9.79. The number of nitrogens with two attached hydrogens (primary N) is 1. The lowest BCUT2D eigenvalue weighted by atomic mass is 9.95. The van der Waals surface area contributed by atoms with Crippen LogP contribution in [0.3, 0.4) is 0 Å². The number of anilines is 2. The van der Waals surface area contributed by atoms with E-state index in [-0.39, 0.29) is 0 Å². The Kier molecular flexibility index (Phi) is 5.18. The molecule has 0 bridgehead atoms. The van der Waals surface area contributed by atoms with Gasteiger partial charge < -0.3 is 10.6 Å². The predicted octanol–water partition coefficient (Wildman–Crippen LogP) is 2.95. The molecule has 0 radical (unpaired) electrons. The van der Waals surface area contributed by atoms with Gasteiger partial charge in [0.2, 0.25) is 0 Å². The SMILES string of the molecule is CN(C1CC1)N1CCN(c2cc(C(=N)c3cc(CC4(C)CC4)ccc3N)ncn2)CC1. The minimum absolute atomic E-state index is 0.371. The van der Waals surface area contributed by atoms with E-state index in [1.54, 1.807) is 6.33 Å². The lowest BCUT2D eigenvalue weighted by Gasteiger charge is -2.40. The van der Waals surface area contributed by atoms with Gasteiger partial charge in [0, 0.05) is 56.6 Å². The molecule has 2 heterocycles. The van der Waals surface area contributed by atoms with E-state index < -0.39 is 0 Å². The number of rotatable bonds is 7. The number of hydrogen-bond donors (Lipinski definition) is 2. The van der Waals surface area contributed by atoms with E-state index in [1.165, 1.54) is 31.2 Å². The number of hydrazine groups is 1. The van der Waals surface area contributed by atoms with Crippen LogP contribution in [-0.4, -0.2) is 65.0 Å². The van der Waals surface area contributed by atoms with Gasteiger partial charge in [-0.25, -0.2) is 20.0 Å². The Morgan fingerprint density at radius 3 is 2.58 bits per heavy atom. The van der Waals surface area contributed by atoms with Crippen LogP contribution in [0.15, 0.2) is 30.6 Å². The zero-order valence-corrected chi connectivity index (χ0v) is 18.6. The number of nitrogen functional groups attached to an aromatic ring is 1. The highest BCUT2D eigenvalue weighted by Gasteiger charge is 2.37. The molecule has 7 heteroatoms. The van der Waals surface area contributed by atoms with E-state index >= 15 is 0 Å². The van der Waals surface area contributed by atoms with Crippen molar-refractivity contribution >= 4 is 17.2 Å². The van der Waals surface area contributed by atoms with Crippen LogP contribution in [0.4, 0.5) is 11.5 Å². The minimum Gasteiger partial charge on any atom is -0.398 e. The number of hydrogen-bond acceptors (Lipinski definition) is 7. The summed E-state index contributed by atoms with van der Waals surface area (Å²) in [6.45, 7) is 6.18. The minimum atomic E-state index is 0.371. The molecule has 1 aromatic carbocycles. The fourth-order valence-electron chi connectivity index (χ4n) is 4.53. The van der Waals surface area contributed by atoms with Crippen molar-refractivity contribution < 1.29 is 0 Å². The van der Waals surface area contributed by atoms with E-state index in [9.17, 15) is 0 Å². The summed E-state index contributed by atoms with van der Waals surface area (Å²) in [5.74, 6) is 0.892. The van der Waals surface area contributed by atoms with Crippen LogP contribution in [0.2, 0.25) is 0 Å². The third-order valence-corrected chi connectivity index (χ3v) is 7.13. The van der Waals surface area contributed by atoms with Crippen LogP contribution in [0, 0.1) is 10.8 Å². The first-order valence-corrected chi connectivity index (χ1v) is 11.4. The lowest BCUT2D eigenvalue weighted by molar-refractivity contribution is -0.0128. The number of benzene rings is 1. The van der Waals surface area contributed by atoms with Gasteiger partial charge >= 0.3 is 0 Å². The number of piperazine rings is 1. The highest BCUT2D eigenvalue weighted by Crippen LogP contribution is 2.47. The molecule has 7 nitrogen and oxygen atoms in total. The van der Waals surface area contributed by atoms with Gasteiger partial charge in [-0.1, -0.05) is 13.0 Å². The summed E-state index contributed by atoms with van der Waals surface area (Å²) in [6, 6.07) is 8.79. The molecule has 0 unspecified atom stereocenters. The van der Waals surface area contributed by atoms with Crippen molar-refractivity contribution in [2.75, 3.05) is 43.9 Å². The molecule has 3 N–H and O–H groups in total. The van der Waals surface area contributed by atoms with Crippen molar-refractivity contribution in [3.8, 4) is 0 Å². The third kappa shape index (κ3) is 4.43. The molecule has 3 fully saturated rings. The second-order valence-electron chi connectivity index (χ2n) is 9.79. The first kappa shape index (κ1) is 20.4. The third-order valence-electron chi connectivity index (χ3n) is 7.13. The maximum atomic E-state index is 8.80. The van der Waals surface area contributed by atoms with Crippen molar-refractivity contribution in [3.63, 3.8) is 0 Å². The zero-order valence-electron chi connectivity index (χ0n) is 18.6. The molecule has 1 saturated heterocycles. The van der Waals surface area contributed by atoms with Gasteiger partial charge in [0.1, 0.15) is 12.1 Å². The highest BCUT2D eigenvalue weighted by molar-refractivity contribution is 6.13. The molecule has 2 aliphatic carbocycles. The summed E-state index contributed by atoms with van der Waals surface area (Å²) in [5.41, 5.74) is 10.3. The molecule has 1 aliphatic heterocycles. The molecular weight excluding hydrogens is 386 g/mol. The molecule has 0 spiro atoms. The monoisotopic (exact) mass is 419 g/mol. The molecule has 164 valence electrons. The van der Waals surface area contributed by atoms with Gasteiger partial charge in [-0.2, -0.15) is 0 Å². The van der Waals surface area contributed by atoms with Gasteiger partial charge in [-0.15, -0.1) is 0 Å². The Bertz CT molecular complexity index is 972. The lowest BCUT2D eigenvalue weighted by Crippen LogP contribution is -2.53. The molecule has 1 aromatic heterocycles. The van der Waals surface area contributed by atoms with Crippen molar-refractivity contribution in [1.29, 1.82) is 5.41 Å². The number of aromatic nitrogens is 2. The maximum absolute atomic E-state index is 8.80. The zero-order chi connectivity index (χ0) is 21.6. The van der Waals surface area contributed by atoms with E-state index in [4.69, 9.17) is 11.1 Å². The quantitative estimate of drug-likeness (QED) is 0.530. The Morgan fingerprint density at radius 2 is 1.90 bits per heavy atom. The average Bonchev–Trinajstić information content (AvgIpc) is 3.72. The Hall–Kier alpha value is -2.51. The highest BCUT2D eigenvalue weighted by atomic mass is 15.6. The molecule has 5 rings (SSSR count). The molecule has 0 amide bonds. The van der Waals surface area contributed by atoms with Gasteiger partial charge in [0.15, 0.2) is 0 Å². The van der Waals surface area contributed by atoms with E-state index in [1.807, 2.05) is 12.1 Å². The summed E-state index contributed by atoms with van der Waals surface area (Å²) in [7, 11) is 2.21. The fraction of sp³-hybridized carbons (Fsp3) is 0.542. The van der Waals surface area contributed by atoms with Crippen molar-refractivity contribution in [2.24, 2.45) is 5.41 Å². The van der Waals surface area contributed by atoms with Crippen LogP contribution in [0.1, 0.15) is 49.4 Å². The van der Waals surface area contributed by atoms with Gasteiger partial charge in [0.05, 0.1) is 11.4 Å². The normalized spacial score (nSPS) is 20.8. The molecule has 3 aliphatic rings. The van der Waals surface area contributed by atoms with E-state index in [0.29, 0.717) is 22.5 Å². The summed E-state index contributed by atoms with van der Waals surface area (Å²) < 4.78 is 0. The average molecular weight is 420 g/mol. The smallest absolute Gasteiger partial charge is 0.132 e. The maximum Gasteiger partial charge on any atom is 0.132 e. The predicted molar refractivity (Wildman–Crippen MR) is 124 cm³/mol.